The molecule has 0 saturated heterocycles. The van der Waals surface area contributed by atoms with Crippen molar-refractivity contribution in [2.75, 3.05) is 6.54 Å². The second-order valence-corrected chi connectivity index (χ2v) is 1.11. The summed E-state index contributed by atoms with van der Waals surface area (Å²) in [5.74, 6) is -0.194. The van der Waals surface area contributed by atoms with Crippen LogP contribution in [0.2, 0.25) is 0 Å². The molecule has 0 aliphatic heterocycles. The second kappa shape index (κ2) is 4.59. The molecule has 3 N–H and O–H groups in total. The summed E-state index contributed by atoms with van der Waals surface area (Å²) in [6.07, 6.45) is 3.02. The molecule has 0 unspecified atom stereocenters. The van der Waals surface area contributed by atoms with Gasteiger partial charge in [0.05, 0.1) is 6.54 Å². The molecule has 0 bridgehead atoms. The van der Waals surface area contributed by atoms with Gasteiger partial charge in [-0.2, -0.15) is 5.26 Å². The van der Waals surface area contributed by atoms with E-state index in [2.05, 4.69) is 5.32 Å². The predicted molar refractivity (Wildman–Crippen MR) is 30.2 cm³/mol. The third-order valence-electron chi connectivity index (χ3n) is 0.518. The monoisotopic (exact) mass is 125 g/mol. The molecular weight excluding hydrogens is 120 g/mol. The van der Waals surface area contributed by atoms with Crippen molar-refractivity contribution in [3.63, 3.8) is 0 Å². The van der Waals surface area contributed by atoms with Crippen LogP contribution >= 0.6 is 0 Å². The number of guanidine groups is 1. The fourth-order valence-electron chi connectivity index (χ4n) is 0.225. The molecule has 0 aliphatic carbocycles. The highest BCUT2D eigenvalue weighted by atomic mass is 16.1. The third kappa shape index (κ3) is 4.28. The predicted octanol–water partition coefficient (Wildman–Crippen LogP) is -1.31. The molecule has 0 rings (SSSR count). The Kier molecular flexibility index (Phi) is 3.79. The van der Waals surface area contributed by atoms with Crippen LogP contribution < -0.4 is 10.6 Å². The van der Waals surface area contributed by atoms with Crippen LogP contribution in [-0.2, 0) is 4.79 Å². The first-order valence-electron chi connectivity index (χ1n) is 2.13. The van der Waals surface area contributed by atoms with Crippen molar-refractivity contribution in [2.24, 2.45) is 0 Å². The maximum Gasteiger partial charge on any atom is 0.219 e. The van der Waals surface area contributed by atoms with Crippen LogP contribution in [0.3, 0.4) is 0 Å². The van der Waals surface area contributed by atoms with E-state index in [0.717, 1.165) is 0 Å². The Morgan fingerprint density at radius 2 is 2.44 bits per heavy atom. The quantitative estimate of drug-likeness (QED) is 0.185. The molecule has 0 fully saturated rings. The van der Waals surface area contributed by atoms with Gasteiger partial charge < -0.3 is 5.32 Å². The Morgan fingerprint density at radius 1 is 1.78 bits per heavy atom. The lowest BCUT2D eigenvalue weighted by molar-refractivity contribution is 0.554. The number of carbonyl (C=O) groups excluding carboxylic acids is 1. The summed E-state index contributed by atoms with van der Waals surface area (Å²) in [7, 11) is 0. The number of nitrogens with one attached hydrogen (secondary N) is 3. The molecule has 5 nitrogen and oxygen atoms in total. The lowest BCUT2D eigenvalue weighted by atomic mass is 10.7. The second-order valence-electron chi connectivity index (χ2n) is 1.11. The lowest BCUT2D eigenvalue weighted by Gasteiger charge is -1.97. The summed E-state index contributed by atoms with van der Waals surface area (Å²) < 4.78 is 0. The third-order valence-corrected chi connectivity index (χ3v) is 0.518. The maximum atomic E-state index is 9.52. The van der Waals surface area contributed by atoms with Gasteiger partial charge in [-0.25, -0.2) is 0 Å². The van der Waals surface area contributed by atoms with Crippen LogP contribution in [0.4, 0.5) is 0 Å². The van der Waals surface area contributed by atoms with E-state index in [1.165, 1.54) is 12.5 Å². The van der Waals surface area contributed by atoms with Gasteiger partial charge >= 0.3 is 0 Å². The van der Waals surface area contributed by atoms with E-state index in [-0.39, 0.29) is 12.5 Å². The van der Waals surface area contributed by atoms with Gasteiger partial charge in [-0.3, -0.25) is 15.5 Å². The van der Waals surface area contributed by atoms with Crippen LogP contribution in [0.5, 0.6) is 0 Å². The summed E-state index contributed by atoms with van der Waals surface area (Å²) >= 11 is 0. The zero-order valence-electron chi connectivity index (χ0n) is 4.56. The van der Waals surface area contributed by atoms with E-state index in [0.29, 0.717) is 0 Å². The minimum Gasteiger partial charge on any atom is -0.348 e. The fraction of sp³-hybridized carbons (Fsp3) is 0.250. The number of rotatable bonds is 2. The standard InChI is InChI=1S/C4H5N4O/c5-3-8-4(6)7-1-2-9/h1H2,(H3,6,7,8). The molecule has 0 aromatic heterocycles. The molecule has 0 amide bonds. The minimum absolute atomic E-state index is 0.0759. The Morgan fingerprint density at radius 3 is 2.89 bits per heavy atom. The van der Waals surface area contributed by atoms with E-state index >= 15 is 0 Å². The van der Waals surface area contributed by atoms with Crippen LogP contribution in [0.25, 0.3) is 0 Å². The molecule has 0 spiro atoms. The van der Waals surface area contributed by atoms with E-state index in [4.69, 9.17) is 10.7 Å². The molecule has 0 aliphatic rings. The average molecular weight is 125 g/mol. The van der Waals surface area contributed by atoms with Crippen molar-refractivity contribution in [2.45, 2.75) is 0 Å². The zero-order valence-corrected chi connectivity index (χ0v) is 4.56. The molecule has 47 valence electrons. The van der Waals surface area contributed by atoms with Crippen molar-refractivity contribution < 1.29 is 4.79 Å². The molecule has 1 radical (unpaired) electrons. The molecule has 0 aromatic rings. The zero-order chi connectivity index (χ0) is 7.11. The van der Waals surface area contributed by atoms with Gasteiger partial charge in [0, 0.05) is 0 Å². The van der Waals surface area contributed by atoms with Gasteiger partial charge in [-0.15, -0.1) is 0 Å². The summed E-state index contributed by atoms with van der Waals surface area (Å²) in [4.78, 5) is 9.52. The van der Waals surface area contributed by atoms with Crippen LogP contribution in [0.15, 0.2) is 0 Å². The van der Waals surface area contributed by atoms with Crippen molar-refractivity contribution >= 4 is 12.2 Å². The minimum atomic E-state index is -0.194. The smallest absolute Gasteiger partial charge is 0.219 e. The molecule has 5 heteroatoms. The van der Waals surface area contributed by atoms with Crippen LogP contribution in [0.1, 0.15) is 0 Å². The van der Waals surface area contributed by atoms with Crippen LogP contribution in [0, 0.1) is 16.9 Å². The largest absolute Gasteiger partial charge is 0.348 e. The number of hydrogen-bond donors (Lipinski definition) is 3. The topological polar surface area (TPSA) is 88.8 Å². The first-order chi connectivity index (χ1) is 4.31. The first kappa shape index (κ1) is 7.43. The number of nitriles is 1. The Hall–Kier alpha value is -1.57. The molecule has 9 heavy (non-hydrogen) atoms. The van der Waals surface area contributed by atoms with Gasteiger partial charge in [0.15, 0.2) is 6.19 Å². The van der Waals surface area contributed by atoms with E-state index in [1.54, 1.807) is 0 Å². The first-order valence-corrected chi connectivity index (χ1v) is 2.13. The van der Waals surface area contributed by atoms with E-state index < -0.39 is 0 Å². The summed E-state index contributed by atoms with van der Waals surface area (Å²) in [6.45, 7) is -0.0759. The normalized spacial score (nSPS) is 7.00. The maximum absolute atomic E-state index is 9.52. The van der Waals surface area contributed by atoms with E-state index in [9.17, 15) is 4.79 Å². The number of nitrogens with zero attached hydrogens (tertiary/aromatic N) is 1. The van der Waals surface area contributed by atoms with Crippen molar-refractivity contribution in [3.05, 3.63) is 0 Å². The SMILES string of the molecule is N#CNC(=N)NC[C]=O. The van der Waals surface area contributed by atoms with Gasteiger partial charge in [0.1, 0.15) is 0 Å². The highest BCUT2D eigenvalue weighted by molar-refractivity contribution is 5.79. The van der Waals surface area contributed by atoms with Crippen molar-refractivity contribution in [1.82, 2.24) is 10.6 Å². The molecule has 0 heterocycles. The Balaban J connectivity index is 3.29. The van der Waals surface area contributed by atoms with Gasteiger partial charge in [0.25, 0.3) is 0 Å². The molecule has 0 atom stereocenters. The van der Waals surface area contributed by atoms with Crippen molar-refractivity contribution in [1.29, 1.82) is 10.7 Å². The van der Waals surface area contributed by atoms with E-state index in [1.807, 2.05) is 5.32 Å². The highest BCUT2D eigenvalue weighted by Crippen LogP contribution is 1.53. The fourth-order valence-corrected chi connectivity index (χ4v) is 0.225. The summed E-state index contributed by atoms with van der Waals surface area (Å²) in [5, 5.41) is 18.9. The average Bonchev–Trinajstić information content (AvgIpc) is 1.85. The summed E-state index contributed by atoms with van der Waals surface area (Å²) in [6, 6.07) is 0. The van der Waals surface area contributed by atoms with Gasteiger partial charge in [-0.05, 0) is 0 Å². The van der Waals surface area contributed by atoms with Crippen LogP contribution in [-0.4, -0.2) is 18.8 Å². The Labute approximate surface area is 52.2 Å². The van der Waals surface area contributed by atoms with Gasteiger partial charge in [0.2, 0.25) is 12.2 Å². The molecular formula is C4H5N4O. The summed E-state index contributed by atoms with van der Waals surface area (Å²) in [5.41, 5.74) is 0. The lowest BCUT2D eigenvalue weighted by Crippen LogP contribution is -2.34. The highest BCUT2D eigenvalue weighted by Gasteiger charge is 1.88. The molecule has 0 aromatic carbocycles. The Bertz CT molecular complexity index is 147. The number of hydrogen-bond acceptors (Lipinski definition) is 3. The van der Waals surface area contributed by atoms with Crippen molar-refractivity contribution in [3.8, 4) is 6.19 Å². The van der Waals surface area contributed by atoms with Gasteiger partial charge in [-0.1, -0.05) is 0 Å². The molecule has 0 saturated carbocycles.